The second-order valence-electron chi connectivity index (χ2n) is 10.2. The summed E-state index contributed by atoms with van der Waals surface area (Å²) in [5, 5.41) is 3.04. The van der Waals surface area contributed by atoms with E-state index >= 15 is 4.39 Å². The van der Waals surface area contributed by atoms with Crippen LogP contribution in [0.4, 0.5) is 4.39 Å². The van der Waals surface area contributed by atoms with E-state index in [1.54, 1.807) is 0 Å². The topological polar surface area (TPSA) is 58.6 Å². The highest BCUT2D eigenvalue weighted by Crippen LogP contribution is 2.34. The van der Waals surface area contributed by atoms with Crippen LogP contribution in [0.5, 0.6) is 5.75 Å². The van der Waals surface area contributed by atoms with Crippen LogP contribution in [-0.2, 0) is 22.7 Å². The lowest BCUT2D eigenvalue weighted by Crippen LogP contribution is -2.32. The van der Waals surface area contributed by atoms with Gasteiger partial charge in [0.15, 0.2) is 0 Å². The molecule has 1 heterocycles. The predicted octanol–water partition coefficient (Wildman–Crippen LogP) is 5.05. The van der Waals surface area contributed by atoms with Crippen molar-refractivity contribution < 1.29 is 18.7 Å². The number of ketones is 1. The maximum absolute atomic E-state index is 15.0. The summed E-state index contributed by atoms with van der Waals surface area (Å²) < 4.78 is 20.8. The molecule has 2 aromatic rings. The molecule has 2 fully saturated rings. The molecule has 6 heteroatoms. The first kappa shape index (κ1) is 23.0. The normalized spacial score (nSPS) is 23.4. The summed E-state index contributed by atoms with van der Waals surface area (Å²) in [6.45, 7) is 4.45. The molecule has 2 saturated carbocycles. The van der Waals surface area contributed by atoms with Crippen LogP contribution in [0, 0.1) is 11.8 Å². The molecule has 0 bridgehead atoms. The predicted molar refractivity (Wildman–Crippen MR) is 128 cm³/mol. The summed E-state index contributed by atoms with van der Waals surface area (Å²) in [4.78, 5) is 26.0. The van der Waals surface area contributed by atoms with Crippen molar-refractivity contribution in [2.75, 3.05) is 13.2 Å². The highest BCUT2D eigenvalue weighted by Gasteiger charge is 2.29. The number of amides is 1. The molecule has 5 nitrogen and oxygen atoms in total. The molecule has 1 N–H and O–H groups in total. The largest absolute Gasteiger partial charge is 0.493 e. The second-order valence-corrected chi connectivity index (χ2v) is 10.2. The lowest BCUT2D eigenvalue weighted by Gasteiger charge is -2.31. The van der Waals surface area contributed by atoms with Gasteiger partial charge in [0.25, 0.3) is 0 Å². The molecule has 2 aliphatic carbocycles. The molecule has 1 aliphatic heterocycles. The van der Waals surface area contributed by atoms with Crippen molar-refractivity contribution in [3.63, 3.8) is 0 Å². The van der Waals surface area contributed by atoms with Crippen molar-refractivity contribution in [3.05, 3.63) is 64.7 Å². The van der Waals surface area contributed by atoms with Crippen LogP contribution in [0.25, 0.3) is 0 Å². The molecule has 5 rings (SSSR count). The molecule has 3 atom stereocenters. The van der Waals surface area contributed by atoms with Crippen molar-refractivity contribution in [2.45, 2.75) is 64.3 Å². The van der Waals surface area contributed by atoms with E-state index < -0.39 is 6.17 Å². The van der Waals surface area contributed by atoms with Gasteiger partial charge >= 0.3 is 0 Å². The van der Waals surface area contributed by atoms with Crippen LogP contribution in [-0.4, -0.2) is 29.7 Å². The molecular formula is C28H33FN2O3. The molecule has 1 amide bonds. The van der Waals surface area contributed by atoms with Gasteiger partial charge in [-0.3, -0.25) is 14.5 Å². The number of halogens is 1. The average Bonchev–Trinajstić information content (AvgIpc) is 3.56. The Morgan fingerprint density at radius 1 is 1.18 bits per heavy atom. The number of hydrogen-bond acceptors (Lipinski definition) is 4. The highest BCUT2D eigenvalue weighted by atomic mass is 19.1. The average molecular weight is 465 g/mol. The standard InChI is InChI=1S/C28H33FN2O3/c1-18(30-28(33)22-8-10-24(32)12-22)21-6-4-19(5-7-21)14-31-15-23-9-11-25(34-17-20-2-3-20)13-26(23)27(29)16-31/h4-7,9,11,13,18,20,22,27H,2-3,8,10,12,14-17H2,1H3,(H,30,33)/t18-,22?,27?/m0/s1. The molecule has 2 unspecified atom stereocenters. The number of alkyl halides is 1. The second kappa shape index (κ2) is 9.87. The number of benzene rings is 2. The molecule has 0 radical (unpaired) electrons. The summed E-state index contributed by atoms with van der Waals surface area (Å²) in [5.74, 6) is 1.40. The minimum Gasteiger partial charge on any atom is -0.493 e. The molecular weight excluding hydrogens is 431 g/mol. The first-order valence-corrected chi connectivity index (χ1v) is 12.5. The number of carbonyl (C=O) groups is 2. The minimum atomic E-state index is -1.02. The fourth-order valence-corrected chi connectivity index (χ4v) is 4.97. The Bertz CT molecular complexity index is 1050. The summed E-state index contributed by atoms with van der Waals surface area (Å²) >= 11 is 0. The minimum absolute atomic E-state index is 0.0375. The van der Waals surface area contributed by atoms with Crippen LogP contribution in [0.2, 0.25) is 0 Å². The SMILES string of the molecule is C[C@H](NC(=O)C1CCC(=O)C1)c1ccc(CN2Cc3ccc(OCC4CC4)cc3C(F)C2)cc1. The third kappa shape index (κ3) is 5.49. The fraction of sp³-hybridized carbons (Fsp3) is 0.500. The van der Waals surface area contributed by atoms with E-state index in [1.807, 2.05) is 37.3 Å². The van der Waals surface area contributed by atoms with Crippen LogP contribution >= 0.6 is 0 Å². The Hall–Kier alpha value is -2.73. The highest BCUT2D eigenvalue weighted by molar-refractivity contribution is 5.90. The lowest BCUT2D eigenvalue weighted by atomic mass is 9.97. The van der Waals surface area contributed by atoms with Crippen molar-refractivity contribution in [2.24, 2.45) is 11.8 Å². The molecule has 0 saturated heterocycles. The van der Waals surface area contributed by atoms with E-state index in [4.69, 9.17) is 4.74 Å². The van der Waals surface area contributed by atoms with Gasteiger partial charge in [0.1, 0.15) is 17.7 Å². The zero-order chi connectivity index (χ0) is 23.7. The van der Waals surface area contributed by atoms with Gasteiger partial charge in [-0.05, 0) is 66.5 Å². The van der Waals surface area contributed by atoms with Gasteiger partial charge in [0.2, 0.25) is 5.91 Å². The first-order valence-electron chi connectivity index (χ1n) is 12.5. The van der Waals surface area contributed by atoms with Gasteiger partial charge in [0.05, 0.1) is 12.6 Å². The third-order valence-corrected chi connectivity index (χ3v) is 7.31. The van der Waals surface area contributed by atoms with E-state index in [9.17, 15) is 9.59 Å². The summed E-state index contributed by atoms with van der Waals surface area (Å²) in [6.07, 6.45) is 2.98. The van der Waals surface area contributed by atoms with Crippen molar-refractivity contribution >= 4 is 11.7 Å². The number of nitrogens with zero attached hydrogens (tertiary/aromatic N) is 1. The summed E-state index contributed by atoms with van der Waals surface area (Å²) in [6, 6.07) is 13.9. The van der Waals surface area contributed by atoms with Gasteiger partial charge < -0.3 is 10.1 Å². The number of rotatable bonds is 8. The van der Waals surface area contributed by atoms with Gasteiger partial charge in [-0.15, -0.1) is 0 Å². The van der Waals surface area contributed by atoms with Crippen molar-refractivity contribution in [1.29, 1.82) is 0 Å². The number of hydrogen-bond donors (Lipinski definition) is 1. The number of ether oxygens (including phenoxy) is 1. The Labute approximate surface area is 200 Å². The van der Waals surface area contributed by atoms with Crippen LogP contribution in [0.15, 0.2) is 42.5 Å². The first-order chi connectivity index (χ1) is 16.4. The van der Waals surface area contributed by atoms with Crippen molar-refractivity contribution in [1.82, 2.24) is 10.2 Å². The number of carbonyl (C=O) groups excluding carboxylic acids is 2. The third-order valence-electron chi connectivity index (χ3n) is 7.31. The smallest absolute Gasteiger partial charge is 0.224 e. The monoisotopic (exact) mass is 464 g/mol. The Balaban J connectivity index is 1.16. The van der Waals surface area contributed by atoms with Gasteiger partial charge in [-0.25, -0.2) is 4.39 Å². The Kier molecular flexibility index (Phi) is 6.68. The van der Waals surface area contributed by atoms with Crippen molar-refractivity contribution in [3.8, 4) is 5.75 Å². The maximum atomic E-state index is 15.0. The molecule has 0 aromatic heterocycles. The van der Waals surface area contributed by atoms with E-state index in [2.05, 4.69) is 22.3 Å². The summed E-state index contributed by atoms with van der Waals surface area (Å²) in [5.41, 5.74) is 3.92. The van der Waals surface area contributed by atoms with E-state index in [0.717, 1.165) is 34.6 Å². The molecule has 0 spiro atoms. The molecule has 3 aliphatic rings. The van der Waals surface area contributed by atoms with E-state index in [1.165, 1.54) is 12.8 Å². The van der Waals surface area contributed by atoms with Gasteiger partial charge in [-0.1, -0.05) is 30.3 Å². The lowest BCUT2D eigenvalue weighted by molar-refractivity contribution is -0.127. The fourth-order valence-electron chi connectivity index (χ4n) is 4.97. The zero-order valence-electron chi connectivity index (χ0n) is 19.8. The number of nitrogens with one attached hydrogen (secondary N) is 1. The quantitative estimate of drug-likeness (QED) is 0.594. The van der Waals surface area contributed by atoms with E-state index in [0.29, 0.717) is 44.8 Å². The Morgan fingerprint density at radius 2 is 1.97 bits per heavy atom. The zero-order valence-corrected chi connectivity index (χ0v) is 19.8. The van der Waals surface area contributed by atoms with Crippen LogP contribution < -0.4 is 10.1 Å². The van der Waals surface area contributed by atoms with Crippen LogP contribution in [0.3, 0.4) is 0 Å². The van der Waals surface area contributed by atoms with Gasteiger partial charge in [0, 0.05) is 38.4 Å². The van der Waals surface area contributed by atoms with Crippen LogP contribution in [0.1, 0.15) is 73.5 Å². The number of fused-ring (bicyclic) bond motifs is 1. The maximum Gasteiger partial charge on any atom is 0.224 e. The molecule has 34 heavy (non-hydrogen) atoms. The molecule has 2 aromatic carbocycles. The van der Waals surface area contributed by atoms with Gasteiger partial charge in [-0.2, -0.15) is 0 Å². The number of Topliss-reactive ketones (excluding diaryl/α,β-unsaturated/α-hetero) is 1. The Morgan fingerprint density at radius 3 is 2.68 bits per heavy atom. The van der Waals surface area contributed by atoms with E-state index in [-0.39, 0.29) is 23.7 Å². The summed E-state index contributed by atoms with van der Waals surface area (Å²) in [7, 11) is 0. The molecule has 180 valence electrons.